The van der Waals surface area contributed by atoms with Gasteiger partial charge in [0.05, 0.1) is 0 Å². The van der Waals surface area contributed by atoms with Gasteiger partial charge in [-0.25, -0.2) is 0 Å². The third-order valence-electron chi connectivity index (χ3n) is 5.08. The molecule has 2 fully saturated rings. The average molecular weight is 350 g/mol. The monoisotopic (exact) mass is 350 g/mol. The summed E-state index contributed by atoms with van der Waals surface area (Å²) >= 11 is -1.90. The second-order valence-electron chi connectivity index (χ2n) is 6.21. The average Bonchev–Trinajstić information content (AvgIpc) is 2.63. The van der Waals surface area contributed by atoms with Crippen LogP contribution in [0.5, 0.6) is 0 Å². The minimum absolute atomic E-state index is 0.480. The van der Waals surface area contributed by atoms with Crippen molar-refractivity contribution >= 4 is 25.1 Å². The molecular formula is C14H23InN2O. The Morgan fingerprint density at radius 3 is 2.61 bits per heavy atom. The Balaban J connectivity index is 1.54. The molecule has 2 unspecified atom stereocenters. The number of nitrogens with one attached hydrogen (secondary N) is 1. The van der Waals surface area contributed by atoms with Crippen molar-refractivity contribution in [3.8, 4) is 0 Å². The van der Waals surface area contributed by atoms with E-state index in [1.807, 2.05) is 0 Å². The first-order valence-electron chi connectivity index (χ1n) is 7.41. The van der Waals surface area contributed by atoms with Gasteiger partial charge < -0.3 is 0 Å². The number of carbonyl (C=O) groups excluding carboxylic acids is 1. The molecule has 3 rings (SSSR count). The van der Waals surface area contributed by atoms with Crippen LogP contribution < -0.4 is 5.32 Å². The molecule has 1 amide bonds. The molecule has 1 N–H and O–H groups in total. The second kappa shape index (κ2) is 5.58. The molecule has 2 bridgehead atoms. The Morgan fingerprint density at radius 2 is 2.00 bits per heavy atom. The molecule has 2 saturated heterocycles. The van der Waals surface area contributed by atoms with Crippen molar-refractivity contribution in [1.82, 2.24) is 10.2 Å². The van der Waals surface area contributed by atoms with E-state index >= 15 is 0 Å². The predicted molar refractivity (Wildman–Crippen MR) is 75.3 cm³/mol. The van der Waals surface area contributed by atoms with E-state index < -0.39 is 21.4 Å². The summed E-state index contributed by atoms with van der Waals surface area (Å²) in [4.78, 5) is 14.9. The fourth-order valence-electron chi connectivity index (χ4n) is 3.88. The van der Waals surface area contributed by atoms with E-state index in [0.717, 1.165) is 22.7 Å². The summed E-state index contributed by atoms with van der Waals surface area (Å²) in [6, 6.07) is 1.94. The van der Waals surface area contributed by atoms with Gasteiger partial charge in [-0.3, -0.25) is 0 Å². The predicted octanol–water partition coefficient (Wildman–Crippen LogP) is 2.36. The zero-order valence-electron chi connectivity index (χ0n) is 11.3. The summed E-state index contributed by atoms with van der Waals surface area (Å²) in [6.45, 7) is 0. The zero-order valence-corrected chi connectivity index (χ0v) is 14.6. The normalized spacial score (nSPS) is 35.8. The van der Waals surface area contributed by atoms with Gasteiger partial charge in [-0.15, -0.1) is 0 Å². The summed E-state index contributed by atoms with van der Waals surface area (Å²) < 4.78 is 2.89. The second-order valence-corrected chi connectivity index (χ2v) is 14.7. The number of rotatable bonds is 2. The van der Waals surface area contributed by atoms with Crippen LogP contribution in [0.15, 0.2) is 12.2 Å². The van der Waals surface area contributed by atoms with Gasteiger partial charge in [-0.1, -0.05) is 0 Å². The van der Waals surface area contributed by atoms with Crippen LogP contribution >= 0.6 is 0 Å². The Kier molecular flexibility index (Phi) is 4.04. The standard InChI is InChI=1S/C9H15N2O.C5H8.In/c1-11-8-2-3-9(11)5-7(4-8)10-6-12;1-3-5-4-2;/h7-9H,2-5H2,1H3,(H,10,12);3,5H,1-2,4H2;. The molecule has 18 heavy (non-hydrogen) atoms. The van der Waals surface area contributed by atoms with Crippen LogP contribution in [-0.4, -0.2) is 55.2 Å². The van der Waals surface area contributed by atoms with E-state index in [1.165, 1.54) is 29.9 Å². The number of nitrogens with zero attached hydrogens (tertiary/aromatic N) is 1. The summed E-state index contributed by atoms with van der Waals surface area (Å²) in [7, 11) is 2.26. The molecular weight excluding hydrogens is 327 g/mol. The van der Waals surface area contributed by atoms with E-state index in [-0.39, 0.29) is 0 Å². The SMILES string of the molecule is CN1C2CCC1CC(N[C](=O)[In]1[CH2]C=CC[CH2]1)C2. The van der Waals surface area contributed by atoms with Crippen molar-refractivity contribution < 1.29 is 4.79 Å². The number of hydrogen-bond donors (Lipinski definition) is 1. The minimum atomic E-state index is -1.90. The molecule has 0 radical (unpaired) electrons. The zero-order chi connectivity index (χ0) is 12.5. The molecule has 0 aromatic carbocycles. The number of piperidine rings is 1. The molecule has 0 aromatic rings. The number of hydrogen-bond acceptors (Lipinski definition) is 2. The Hall–Kier alpha value is 0.0401. The van der Waals surface area contributed by atoms with E-state index in [0.29, 0.717) is 9.71 Å². The van der Waals surface area contributed by atoms with Gasteiger partial charge in [0.25, 0.3) is 0 Å². The van der Waals surface area contributed by atoms with Gasteiger partial charge in [0, 0.05) is 0 Å². The van der Waals surface area contributed by atoms with Crippen LogP contribution in [0.2, 0.25) is 8.35 Å². The van der Waals surface area contributed by atoms with Gasteiger partial charge in [-0.2, -0.15) is 0 Å². The van der Waals surface area contributed by atoms with Crippen molar-refractivity contribution in [2.45, 2.75) is 58.6 Å². The molecule has 3 aliphatic rings. The van der Waals surface area contributed by atoms with Gasteiger partial charge in [0.15, 0.2) is 0 Å². The summed E-state index contributed by atoms with van der Waals surface area (Å²) in [5.41, 5.74) is 0. The maximum absolute atomic E-state index is 12.3. The molecule has 4 heteroatoms. The fourth-order valence-corrected chi connectivity index (χ4v) is 10.4. The first-order chi connectivity index (χ1) is 8.74. The molecule has 3 heterocycles. The summed E-state index contributed by atoms with van der Waals surface area (Å²) in [5, 5.41) is 3.40. The van der Waals surface area contributed by atoms with Crippen LogP contribution in [0, 0.1) is 0 Å². The summed E-state index contributed by atoms with van der Waals surface area (Å²) in [5.74, 6) is 0. The fraction of sp³-hybridized carbons (Fsp3) is 0.786. The molecule has 0 saturated carbocycles. The number of fused-ring (bicyclic) bond motifs is 2. The van der Waals surface area contributed by atoms with E-state index in [1.54, 1.807) is 0 Å². The quantitative estimate of drug-likeness (QED) is 0.776. The van der Waals surface area contributed by atoms with Crippen molar-refractivity contribution in [2.24, 2.45) is 0 Å². The number of carbonyl (C=O) groups is 1. The van der Waals surface area contributed by atoms with E-state index in [9.17, 15) is 4.79 Å². The van der Waals surface area contributed by atoms with Gasteiger partial charge in [-0.05, 0) is 0 Å². The van der Waals surface area contributed by atoms with Gasteiger partial charge >= 0.3 is 118 Å². The van der Waals surface area contributed by atoms with Crippen molar-refractivity contribution in [3.63, 3.8) is 0 Å². The molecule has 0 aliphatic carbocycles. The number of allylic oxidation sites excluding steroid dienone is 2. The number of amides is 1. The topological polar surface area (TPSA) is 32.3 Å². The first-order valence-corrected chi connectivity index (χ1v) is 13.7. The molecule has 0 spiro atoms. The third kappa shape index (κ3) is 2.64. The van der Waals surface area contributed by atoms with Crippen molar-refractivity contribution in [1.29, 1.82) is 0 Å². The van der Waals surface area contributed by atoms with Crippen LogP contribution in [0.25, 0.3) is 0 Å². The molecule has 0 aromatic heterocycles. The Bertz CT molecular complexity index is 344. The Labute approximate surface area is 118 Å². The third-order valence-corrected chi connectivity index (χ3v) is 13.0. The van der Waals surface area contributed by atoms with Gasteiger partial charge in [0.1, 0.15) is 0 Å². The Morgan fingerprint density at radius 1 is 1.28 bits per heavy atom. The maximum atomic E-state index is 12.3. The first kappa shape index (κ1) is 13.0. The molecule has 3 nitrogen and oxygen atoms in total. The summed E-state index contributed by atoms with van der Waals surface area (Å²) in [6.07, 6.45) is 10.7. The van der Waals surface area contributed by atoms with Gasteiger partial charge in [0.2, 0.25) is 0 Å². The molecule has 98 valence electrons. The van der Waals surface area contributed by atoms with Crippen molar-refractivity contribution in [2.75, 3.05) is 7.05 Å². The van der Waals surface area contributed by atoms with Crippen LogP contribution in [0.4, 0.5) is 4.79 Å². The molecule has 3 aliphatic heterocycles. The van der Waals surface area contributed by atoms with Crippen LogP contribution in [0.3, 0.4) is 0 Å². The van der Waals surface area contributed by atoms with E-state index in [4.69, 9.17) is 0 Å². The molecule has 2 atom stereocenters. The van der Waals surface area contributed by atoms with Crippen molar-refractivity contribution in [3.05, 3.63) is 12.2 Å². The van der Waals surface area contributed by atoms with Crippen LogP contribution in [0.1, 0.15) is 32.1 Å². The van der Waals surface area contributed by atoms with Crippen LogP contribution in [-0.2, 0) is 0 Å². The van der Waals surface area contributed by atoms with E-state index in [2.05, 4.69) is 29.4 Å².